The van der Waals surface area contributed by atoms with Gasteiger partial charge in [0, 0.05) is 24.7 Å². The first-order chi connectivity index (χ1) is 13.7. The number of sulfonamides is 1. The van der Waals surface area contributed by atoms with Crippen molar-refractivity contribution < 1.29 is 18.1 Å². The highest BCUT2D eigenvalue weighted by molar-refractivity contribution is 7.92. The van der Waals surface area contributed by atoms with E-state index in [4.69, 9.17) is 5.73 Å². The first-order valence-electron chi connectivity index (χ1n) is 9.16. The number of piperidine rings is 1. The van der Waals surface area contributed by atoms with Crippen LogP contribution in [-0.2, 0) is 10.0 Å². The number of nitrogens with zero attached hydrogens (tertiary/aromatic N) is 2. The standard InChI is InChI=1S/C19H22N4O5S/c1-13-5-8-18(17(11-13)23(25)26)29(27,28)21-15-12-14(19(20)24)6-7-16(15)22-9-3-2-4-10-22/h5-8,11-12,21H,2-4,9-10H2,1H3,(H2,20,24). The first-order valence-corrected chi connectivity index (χ1v) is 10.6. The number of rotatable bonds is 6. The largest absolute Gasteiger partial charge is 0.370 e. The Balaban J connectivity index is 2.07. The average Bonchev–Trinajstić information content (AvgIpc) is 2.68. The number of nitro benzene ring substituents is 1. The predicted molar refractivity (Wildman–Crippen MR) is 110 cm³/mol. The monoisotopic (exact) mass is 418 g/mol. The number of carbonyl (C=O) groups excluding carboxylic acids is 1. The lowest BCUT2D eigenvalue weighted by Crippen LogP contribution is -2.30. The summed E-state index contributed by atoms with van der Waals surface area (Å²) in [5.74, 6) is -0.697. The van der Waals surface area contributed by atoms with E-state index in [0.717, 1.165) is 32.4 Å². The molecule has 1 aliphatic rings. The molecule has 10 heteroatoms. The molecule has 0 spiro atoms. The lowest BCUT2D eigenvalue weighted by Gasteiger charge is -2.30. The van der Waals surface area contributed by atoms with Gasteiger partial charge in [0.2, 0.25) is 5.91 Å². The van der Waals surface area contributed by atoms with Gasteiger partial charge < -0.3 is 10.6 Å². The number of benzene rings is 2. The summed E-state index contributed by atoms with van der Waals surface area (Å²) in [6, 6.07) is 8.45. The molecule has 0 aromatic heterocycles. The van der Waals surface area contributed by atoms with Crippen LogP contribution < -0.4 is 15.4 Å². The molecule has 0 radical (unpaired) electrons. The van der Waals surface area contributed by atoms with Crippen LogP contribution in [0, 0.1) is 17.0 Å². The number of nitrogens with two attached hydrogens (primary N) is 1. The second kappa shape index (κ2) is 8.08. The van der Waals surface area contributed by atoms with Crippen molar-refractivity contribution in [3.8, 4) is 0 Å². The molecule has 1 saturated heterocycles. The predicted octanol–water partition coefficient (Wildman–Crippen LogP) is 2.79. The Morgan fingerprint density at radius 3 is 2.45 bits per heavy atom. The molecule has 3 N–H and O–H groups in total. The molecule has 1 aliphatic heterocycles. The van der Waals surface area contributed by atoms with Crippen LogP contribution in [0.5, 0.6) is 0 Å². The van der Waals surface area contributed by atoms with Gasteiger partial charge in [0.15, 0.2) is 4.90 Å². The van der Waals surface area contributed by atoms with E-state index in [1.165, 1.54) is 24.3 Å². The van der Waals surface area contributed by atoms with Gasteiger partial charge in [0.05, 0.1) is 16.3 Å². The van der Waals surface area contributed by atoms with Crippen LogP contribution in [0.15, 0.2) is 41.3 Å². The van der Waals surface area contributed by atoms with E-state index in [2.05, 4.69) is 4.72 Å². The van der Waals surface area contributed by atoms with Crippen molar-refractivity contribution in [1.29, 1.82) is 0 Å². The van der Waals surface area contributed by atoms with Crippen molar-refractivity contribution in [1.82, 2.24) is 0 Å². The molecule has 0 saturated carbocycles. The zero-order valence-electron chi connectivity index (χ0n) is 15.9. The van der Waals surface area contributed by atoms with Gasteiger partial charge in [0.25, 0.3) is 15.7 Å². The number of nitrogens with one attached hydrogen (secondary N) is 1. The number of aryl methyl sites for hydroxylation is 1. The third kappa shape index (κ3) is 4.48. The van der Waals surface area contributed by atoms with E-state index >= 15 is 0 Å². The topological polar surface area (TPSA) is 136 Å². The Hall–Kier alpha value is -3.14. The Bertz CT molecular complexity index is 1060. The molecule has 1 amide bonds. The molecule has 0 bridgehead atoms. The molecule has 1 fully saturated rings. The quantitative estimate of drug-likeness (QED) is 0.547. The van der Waals surface area contributed by atoms with Crippen LogP contribution >= 0.6 is 0 Å². The maximum Gasteiger partial charge on any atom is 0.290 e. The molecule has 3 rings (SSSR count). The van der Waals surface area contributed by atoms with Gasteiger partial charge >= 0.3 is 0 Å². The van der Waals surface area contributed by atoms with Crippen molar-refractivity contribution in [3.05, 3.63) is 57.6 Å². The van der Waals surface area contributed by atoms with Crippen LogP contribution in [0.25, 0.3) is 0 Å². The molecule has 0 atom stereocenters. The highest BCUT2D eigenvalue weighted by Gasteiger charge is 2.27. The van der Waals surface area contributed by atoms with Crippen LogP contribution in [-0.4, -0.2) is 32.3 Å². The van der Waals surface area contributed by atoms with Gasteiger partial charge in [-0.05, 0) is 56.0 Å². The fourth-order valence-electron chi connectivity index (χ4n) is 3.38. The van der Waals surface area contributed by atoms with E-state index in [-0.39, 0.29) is 11.3 Å². The number of hydrogen-bond donors (Lipinski definition) is 2. The van der Waals surface area contributed by atoms with Gasteiger partial charge in [-0.15, -0.1) is 0 Å². The summed E-state index contributed by atoms with van der Waals surface area (Å²) in [6.07, 6.45) is 3.02. The summed E-state index contributed by atoms with van der Waals surface area (Å²) in [7, 11) is -4.28. The summed E-state index contributed by atoms with van der Waals surface area (Å²) < 4.78 is 28.4. The lowest BCUT2D eigenvalue weighted by atomic mass is 10.1. The molecule has 2 aromatic rings. The lowest BCUT2D eigenvalue weighted by molar-refractivity contribution is -0.387. The Morgan fingerprint density at radius 2 is 1.83 bits per heavy atom. The maximum absolute atomic E-state index is 13.0. The molecule has 9 nitrogen and oxygen atoms in total. The van der Waals surface area contributed by atoms with Crippen LogP contribution in [0.3, 0.4) is 0 Å². The first kappa shape index (κ1) is 20.6. The van der Waals surface area contributed by atoms with Crippen molar-refractivity contribution >= 4 is 33.0 Å². The Morgan fingerprint density at radius 1 is 1.14 bits per heavy atom. The number of hydrogen-bond acceptors (Lipinski definition) is 6. The summed E-state index contributed by atoms with van der Waals surface area (Å²) in [5, 5.41) is 11.4. The van der Waals surface area contributed by atoms with E-state index in [9.17, 15) is 23.3 Å². The summed E-state index contributed by atoms with van der Waals surface area (Å²) >= 11 is 0. The van der Waals surface area contributed by atoms with Gasteiger partial charge in [-0.1, -0.05) is 6.07 Å². The fraction of sp³-hybridized carbons (Fsp3) is 0.316. The zero-order valence-corrected chi connectivity index (χ0v) is 16.7. The maximum atomic E-state index is 13.0. The SMILES string of the molecule is Cc1ccc(S(=O)(=O)Nc2cc(C(N)=O)ccc2N2CCCCC2)c([N+](=O)[O-])c1. The molecule has 0 aliphatic carbocycles. The normalized spacial score (nSPS) is 14.4. The van der Waals surface area contributed by atoms with E-state index in [1.807, 2.05) is 4.90 Å². The number of amides is 1. The Labute approximate surface area is 168 Å². The number of anilines is 2. The molecule has 2 aromatic carbocycles. The number of nitro groups is 1. The van der Waals surface area contributed by atoms with Crippen molar-refractivity contribution in [2.75, 3.05) is 22.7 Å². The highest BCUT2D eigenvalue weighted by Crippen LogP contribution is 2.33. The fourth-order valence-corrected chi connectivity index (χ4v) is 4.60. The second-order valence-corrected chi connectivity index (χ2v) is 8.63. The smallest absolute Gasteiger partial charge is 0.290 e. The second-order valence-electron chi connectivity index (χ2n) is 6.98. The van der Waals surface area contributed by atoms with Crippen LogP contribution in [0.2, 0.25) is 0 Å². The Kier molecular flexibility index (Phi) is 5.73. The van der Waals surface area contributed by atoms with Gasteiger partial charge in [-0.2, -0.15) is 0 Å². The van der Waals surface area contributed by atoms with E-state index in [0.29, 0.717) is 11.3 Å². The molecule has 0 unspecified atom stereocenters. The third-order valence-corrected chi connectivity index (χ3v) is 6.24. The van der Waals surface area contributed by atoms with Crippen LogP contribution in [0.4, 0.5) is 17.1 Å². The van der Waals surface area contributed by atoms with E-state index in [1.54, 1.807) is 19.1 Å². The minimum atomic E-state index is -4.28. The molecule has 29 heavy (non-hydrogen) atoms. The third-order valence-electron chi connectivity index (χ3n) is 4.82. The van der Waals surface area contributed by atoms with Gasteiger partial charge in [-0.3, -0.25) is 19.6 Å². The molecule has 154 valence electrons. The molecule has 1 heterocycles. The number of carbonyl (C=O) groups is 1. The minimum absolute atomic E-state index is 0.141. The summed E-state index contributed by atoms with van der Waals surface area (Å²) in [5.41, 5.74) is 6.32. The minimum Gasteiger partial charge on any atom is -0.370 e. The summed E-state index contributed by atoms with van der Waals surface area (Å²) in [4.78, 5) is 23.8. The highest BCUT2D eigenvalue weighted by atomic mass is 32.2. The average molecular weight is 418 g/mol. The van der Waals surface area contributed by atoms with Gasteiger partial charge in [-0.25, -0.2) is 8.42 Å². The molecular weight excluding hydrogens is 396 g/mol. The van der Waals surface area contributed by atoms with Crippen molar-refractivity contribution in [3.63, 3.8) is 0 Å². The summed E-state index contributed by atoms with van der Waals surface area (Å²) in [6.45, 7) is 3.13. The van der Waals surface area contributed by atoms with Crippen LogP contribution in [0.1, 0.15) is 35.2 Å². The zero-order chi connectivity index (χ0) is 21.2. The number of primary amides is 1. The van der Waals surface area contributed by atoms with Crippen molar-refractivity contribution in [2.24, 2.45) is 5.73 Å². The van der Waals surface area contributed by atoms with Gasteiger partial charge in [0.1, 0.15) is 0 Å². The van der Waals surface area contributed by atoms with Crippen molar-refractivity contribution in [2.45, 2.75) is 31.1 Å². The molecular formula is C19H22N4O5S. The van der Waals surface area contributed by atoms with E-state index < -0.39 is 31.4 Å².